The van der Waals surface area contributed by atoms with E-state index >= 15 is 0 Å². The molecule has 0 amide bonds. The van der Waals surface area contributed by atoms with E-state index in [9.17, 15) is 22.0 Å². The van der Waals surface area contributed by atoms with Gasteiger partial charge in [0.1, 0.15) is 5.75 Å². The number of halogens is 5. The summed E-state index contributed by atoms with van der Waals surface area (Å²) in [5.41, 5.74) is 2.76. The lowest BCUT2D eigenvalue weighted by Gasteiger charge is -2.32. The standard InChI is InChI=1S/C31H35F5O/c1-2-3-4-21-7-13-24(14-8-21)25-15-9-22(10-16-25)5-6-23-11-17-26(18-12-23)31(35,36)37-27-19-28(32)30(34)29(33)20-27/h2,5-8,13-14,19-20,22-23,25-26H,1,3-4,9-12,15-18H2/b6-5+. The van der Waals surface area contributed by atoms with Crippen LogP contribution in [-0.4, -0.2) is 6.11 Å². The van der Waals surface area contributed by atoms with E-state index < -0.39 is 35.2 Å². The molecule has 0 unspecified atom stereocenters. The summed E-state index contributed by atoms with van der Waals surface area (Å²) in [6.45, 7) is 3.78. The van der Waals surface area contributed by atoms with Crippen LogP contribution in [0.25, 0.3) is 0 Å². The average molecular weight is 519 g/mol. The Morgan fingerprint density at radius 2 is 1.35 bits per heavy atom. The van der Waals surface area contributed by atoms with Gasteiger partial charge in [-0.3, -0.25) is 0 Å². The Kier molecular flexibility index (Phi) is 9.09. The van der Waals surface area contributed by atoms with Gasteiger partial charge in [-0.05, 0) is 93.1 Å². The van der Waals surface area contributed by atoms with Crippen molar-refractivity contribution in [2.75, 3.05) is 0 Å². The van der Waals surface area contributed by atoms with Crippen molar-refractivity contribution in [1.29, 1.82) is 0 Å². The van der Waals surface area contributed by atoms with Gasteiger partial charge in [-0.25, -0.2) is 13.2 Å². The highest BCUT2D eigenvalue weighted by atomic mass is 19.3. The maximum Gasteiger partial charge on any atom is 0.400 e. The lowest BCUT2D eigenvalue weighted by atomic mass is 9.77. The molecule has 2 aromatic carbocycles. The van der Waals surface area contributed by atoms with Crippen molar-refractivity contribution in [1.82, 2.24) is 0 Å². The summed E-state index contributed by atoms with van der Waals surface area (Å²) in [6, 6.07) is 9.89. The Balaban J connectivity index is 1.21. The molecule has 0 radical (unpaired) electrons. The van der Waals surface area contributed by atoms with Crippen LogP contribution in [0.2, 0.25) is 0 Å². The largest absolute Gasteiger partial charge is 0.432 e. The zero-order valence-electron chi connectivity index (χ0n) is 21.1. The van der Waals surface area contributed by atoms with Gasteiger partial charge in [0, 0.05) is 12.1 Å². The average Bonchev–Trinajstić information content (AvgIpc) is 2.90. The summed E-state index contributed by atoms with van der Waals surface area (Å²) in [5, 5.41) is 0. The molecule has 0 aliphatic heterocycles. The molecule has 200 valence electrons. The van der Waals surface area contributed by atoms with Crippen molar-refractivity contribution in [3.63, 3.8) is 0 Å². The highest BCUT2D eigenvalue weighted by molar-refractivity contribution is 5.27. The molecule has 37 heavy (non-hydrogen) atoms. The zero-order valence-corrected chi connectivity index (χ0v) is 21.1. The van der Waals surface area contributed by atoms with E-state index in [0.717, 1.165) is 38.5 Å². The van der Waals surface area contributed by atoms with E-state index in [-0.39, 0.29) is 18.8 Å². The quantitative estimate of drug-likeness (QED) is 0.182. The van der Waals surface area contributed by atoms with Crippen molar-refractivity contribution in [3.8, 4) is 5.75 Å². The predicted molar refractivity (Wildman–Crippen MR) is 136 cm³/mol. The number of hydrogen-bond acceptors (Lipinski definition) is 1. The smallest absolute Gasteiger partial charge is 0.400 e. The maximum absolute atomic E-state index is 14.6. The SMILES string of the molecule is C=CCCc1ccc(C2CCC(/C=C/C3CCC(C(F)(F)Oc4cc(F)c(F)c(F)c4)CC3)CC2)cc1. The Labute approximate surface area is 216 Å². The van der Waals surface area contributed by atoms with Crippen molar-refractivity contribution < 1.29 is 26.7 Å². The third-order valence-electron chi connectivity index (χ3n) is 7.97. The molecule has 0 bridgehead atoms. The molecule has 2 fully saturated rings. The first-order chi connectivity index (χ1) is 17.7. The van der Waals surface area contributed by atoms with Gasteiger partial charge >= 0.3 is 6.11 Å². The topological polar surface area (TPSA) is 9.23 Å². The second kappa shape index (κ2) is 12.3. The molecule has 0 N–H and O–H groups in total. The highest BCUT2D eigenvalue weighted by Gasteiger charge is 2.44. The van der Waals surface area contributed by atoms with Gasteiger partial charge in [0.25, 0.3) is 0 Å². The van der Waals surface area contributed by atoms with Crippen LogP contribution in [0.1, 0.15) is 74.8 Å². The summed E-state index contributed by atoms with van der Waals surface area (Å²) in [6.07, 6.45) is 11.2. The summed E-state index contributed by atoms with van der Waals surface area (Å²) >= 11 is 0. The predicted octanol–water partition coefficient (Wildman–Crippen LogP) is 9.53. The van der Waals surface area contributed by atoms with Gasteiger partial charge in [-0.15, -0.1) is 6.58 Å². The van der Waals surface area contributed by atoms with Crippen molar-refractivity contribution in [2.45, 2.75) is 76.2 Å². The molecule has 6 heteroatoms. The van der Waals surface area contributed by atoms with Crippen LogP contribution in [0.3, 0.4) is 0 Å². The van der Waals surface area contributed by atoms with Gasteiger partial charge in [-0.2, -0.15) is 8.78 Å². The van der Waals surface area contributed by atoms with Crippen LogP contribution >= 0.6 is 0 Å². The Morgan fingerprint density at radius 1 is 0.811 bits per heavy atom. The monoisotopic (exact) mass is 518 g/mol. The molecule has 2 aliphatic carbocycles. The van der Waals surface area contributed by atoms with E-state index in [1.54, 1.807) is 0 Å². The number of rotatable bonds is 9. The molecule has 0 spiro atoms. The van der Waals surface area contributed by atoms with E-state index in [1.165, 1.54) is 11.1 Å². The van der Waals surface area contributed by atoms with Gasteiger partial charge in [0.2, 0.25) is 0 Å². The third-order valence-corrected chi connectivity index (χ3v) is 7.97. The van der Waals surface area contributed by atoms with Gasteiger partial charge < -0.3 is 4.74 Å². The first-order valence-corrected chi connectivity index (χ1v) is 13.3. The van der Waals surface area contributed by atoms with E-state index in [1.807, 2.05) is 6.08 Å². The van der Waals surface area contributed by atoms with Crippen molar-refractivity contribution >= 4 is 0 Å². The minimum Gasteiger partial charge on any atom is -0.432 e. The molecule has 0 saturated heterocycles. The Bertz CT molecular complexity index is 1040. The fourth-order valence-corrected chi connectivity index (χ4v) is 5.66. The minimum atomic E-state index is -3.58. The van der Waals surface area contributed by atoms with E-state index in [2.05, 4.69) is 47.7 Å². The van der Waals surface area contributed by atoms with E-state index in [4.69, 9.17) is 0 Å². The second-order valence-electron chi connectivity index (χ2n) is 10.5. The van der Waals surface area contributed by atoms with E-state index in [0.29, 0.717) is 36.8 Å². The van der Waals surface area contributed by atoms with Crippen LogP contribution in [0.5, 0.6) is 5.75 Å². The maximum atomic E-state index is 14.6. The molecule has 4 rings (SSSR count). The summed E-state index contributed by atoms with van der Waals surface area (Å²) < 4.78 is 73.7. The van der Waals surface area contributed by atoms with Crippen LogP contribution in [-0.2, 0) is 6.42 Å². The fraction of sp³-hybridized carbons (Fsp3) is 0.484. The Hall–Kier alpha value is -2.63. The van der Waals surface area contributed by atoms with Gasteiger partial charge in [0.15, 0.2) is 17.5 Å². The molecule has 2 aromatic rings. The second-order valence-corrected chi connectivity index (χ2v) is 10.5. The zero-order chi connectivity index (χ0) is 26.4. The number of aryl methyl sites for hydroxylation is 1. The first-order valence-electron chi connectivity index (χ1n) is 13.3. The lowest BCUT2D eigenvalue weighted by Crippen LogP contribution is -2.37. The number of benzene rings is 2. The third kappa shape index (κ3) is 7.24. The van der Waals surface area contributed by atoms with Gasteiger partial charge in [0.05, 0.1) is 5.92 Å². The van der Waals surface area contributed by atoms with Crippen molar-refractivity contribution in [3.05, 3.63) is 89.8 Å². The number of allylic oxidation sites excluding steroid dienone is 3. The minimum absolute atomic E-state index is 0.244. The number of alkyl halides is 2. The van der Waals surface area contributed by atoms with Crippen LogP contribution in [0.15, 0.2) is 61.2 Å². The van der Waals surface area contributed by atoms with Crippen LogP contribution in [0.4, 0.5) is 22.0 Å². The molecule has 1 nitrogen and oxygen atoms in total. The molecule has 0 aromatic heterocycles. The molecule has 2 aliphatic rings. The first kappa shape index (κ1) is 27.4. The number of ether oxygens (including phenoxy) is 1. The number of hydrogen-bond donors (Lipinski definition) is 0. The molecule has 2 saturated carbocycles. The summed E-state index contributed by atoms with van der Waals surface area (Å²) in [4.78, 5) is 0. The summed E-state index contributed by atoms with van der Waals surface area (Å²) in [5.74, 6) is -5.20. The fourth-order valence-electron chi connectivity index (χ4n) is 5.66. The molecule has 0 heterocycles. The molecule has 0 atom stereocenters. The van der Waals surface area contributed by atoms with Crippen LogP contribution < -0.4 is 4.74 Å². The van der Waals surface area contributed by atoms with Gasteiger partial charge in [-0.1, -0.05) is 42.5 Å². The molecular weight excluding hydrogens is 483 g/mol. The normalized spacial score (nSPS) is 24.8. The lowest BCUT2D eigenvalue weighted by molar-refractivity contribution is -0.223. The van der Waals surface area contributed by atoms with Crippen LogP contribution in [0, 0.1) is 35.2 Å². The molecular formula is C31H35F5O. The summed E-state index contributed by atoms with van der Waals surface area (Å²) in [7, 11) is 0. The Morgan fingerprint density at radius 3 is 1.89 bits per heavy atom. The van der Waals surface area contributed by atoms with Crippen molar-refractivity contribution in [2.24, 2.45) is 17.8 Å². The highest BCUT2D eigenvalue weighted by Crippen LogP contribution is 2.42.